The molecule has 0 aliphatic carbocycles. The summed E-state index contributed by atoms with van der Waals surface area (Å²) in [7, 11) is 0. The van der Waals surface area contributed by atoms with Crippen LogP contribution in [0, 0.1) is 12.8 Å². The average molecular weight is 249 g/mol. The Bertz CT molecular complexity index is 367. The fourth-order valence-electron chi connectivity index (χ4n) is 2.51. The Morgan fingerprint density at radius 2 is 2.22 bits per heavy atom. The number of aliphatic hydroxyl groups excluding tert-OH is 1. The molecule has 0 saturated carbocycles. The molecule has 0 spiro atoms. The van der Waals surface area contributed by atoms with Crippen molar-refractivity contribution in [3.05, 3.63) is 29.8 Å². The van der Waals surface area contributed by atoms with Crippen molar-refractivity contribution < 1.29 is 9.84 Å². The van der Waals surface area contributed by atoms with Crippen molar-refractivity contribution in [2.75, 3.05) is 32.8 Å². The minimum atomic E-state index is 0.315. The van der Waals surface area contributed by atoms with Crippen molar-refractivity contribution in [3.8, 4) is 5.75 Å². The van der Waals surface area contributed by atoms with E-state index in [2.05, 4.69) is 17.9 Å². The Balaban J connectivity index is 1.73. The number of piperidine rings is 1. The topological polar surface area (TPSA) is 32.7 Å². The molecule has 0 bridgehead atoms. The van der Waals surface area contributed by atoms with E-state index in [1.165, 1.54) is 12.0 Å². The van der Waals surface area contributed by atoms with Gasteiger partial charge in [-0.05, 0) is 43.9 Å². The molecular formula is C15H23NO2. The Morgan fingerprint density at radius 3 is 3.00 bits per heavy atom. The molecule has 0 aromatic heterocycles. The molecule has 1 atom stereocenters. The number of para-hydroxylation sites is 1. The van der Waals surface area contributed by atoms with Crippen LogP contribution < -0.4 is 4.74 Å². The second-order valence-electron chi connectivity index (χ2n) is 5.11. The number of hydrogen-bond acceptors (Lipinski definition) is 3. The van der Waals surface area contributed by atoms with Crippen molar-refractivity contribution in [2.45, 2.75) is 19.8 Å². The molecule has 0 amide bonds. The van der Waals surface area contributed by atoms with E-state index in [1.54, 1.807) is 0 Å². The van der Waals surface area contributed by atoms with E-state index >= 15 is 0 Å². The maximum absolute atomic E-state index is 9.19. The summed E-state index contributed by atoms with van der Waals surface area (Å²) in [6.07, 6.45) is 2.35. The van der Waals surface area contributed by atoms with Gasteiger partial charge in [0.25, 0.3) is 0 Å². The summed E-state index contributed by atoms with van der Waals surface area (Å²) < 4.78 is 5.80. The van der Waals surface area contributed by atoms with E-state index in [0.717, 1.165) is 38.4 Å². The molecule has 1 aliphatic heterocycles. The van der Waals surface area contributed by atoms with Crippen molar-refractivity contribution in [1.29, 1.82) is 0 Å². The summed E-state index contributed by atoms with van der Waals surface area (Å²) in [5, 5.41) is 9.19. The van der Waals surface area contributed by atoms with Gasteiger partial charge in [0.2, 0.25) is 0 Å². The van der Waals surface area contributed by atoms with Gasteiger partial charge in [-0.2, -0.15) is 0 Å². The molecule has 1 unspecified atom stereocenters. The van der Waals surface area contributed by atoms with Crippen molar-refractivity contribution in [1.82, 2.24) is 4.90 Å². The average Bonchev–Trinajstić information content (AvgIpc) is 2.41. The molecule has 2 rings (SSSR count). The largest absolute Gasteiger partial charge is 0.492 e. The minimum absolute atomic E-state index is 0.315. The van der Waals surface area contributed by atoms with Crippen LogP contribution in [0.3, 0.4) is 0 Å². The van der Waals surface area contributed by atoms with Crippen LogP contribution in [0.4, 0.5) is 0 Å². The fourth-order valence-corrected chi connectivity index (χ4v) is 2.51. The molecule has 1 aliphatic rings. The second-order valence-corrected chi connectivity index (χ2v) is 5.11. The standard InChI is InChI=1S/C15H23NO2/c1-13-5-2-3-7-15(13)18-10-9-16-8-4-6-14(11-16)12-17/h2-3,5,7,14,17H,4,6,8-12H2,1H3. The van der Waals surface area contributed by atoms with Crippen molar-refractivity contribution in [3.63, 3.8) is 0 Å². The quantitative estimate of drug-likeness (QED) is 0.867. The maximum atomic E-state index is 9.19. The number of aryl methyl sites for hydroxylation is 1. The van der Waals surface area contributed by atoms with E-state index in [0.29, 0.717) is 12.5 Å². The summed E-state index contributed by atoms with van der Waals surface area (Å²) in [5.41, 5.74) is 1.18. The van der Waals surface area contributed by atoms with Gasteiger partial charge in [0.05, 0.1) is 0 Å². The highest BCUT2D eigenvalue weighted by molar-refractivity contribution is 5.31. The highest BCUT2D eigenvalue weighted by Gasteiger charge is 2.18. The molecule has 3 heteroatoms. The zero-order chi connectivity index (χ0) is 12.8. The van der Waals surface area contributed by atoms with E-state index in [1.807, 2.05) is 18.2 Å². The number of hydrogen-bond donors (Lipinski definition) is 1. The third-order valence-corrected chi connectivity index (χ3v) is 3.62. The summed E-state index contributed by atoms with van der Waals surface area (Å²) in [6.45, 7) is 6.20. The fraction of sp³-hybridized carbons (Fsp3) is 0.600. The molecule has 100 valence electrons. The highest BCUT2D eigenvalue weighted by atomic mass is 16.5. The van der Waals surface area contributed by atoms with E-state index in [9.17, 15) is 5.11 Å². The van der Waals surface area contributed by atoms with Crippen LogP contribution in [0.5, 0.6) is 5.75 Å². The lowest BCUT2D eigenvalue weighted by Gasteiger charge is -2.31. The molecule has 1 aromatic rings. The zero-order valence-corrected chi connectivity index (χ0v) is 11.1. The molecule has 1 N–H and O–H groups in total. The van der Waals surface area contributed by atoms with Gasteiger partial charge in [0, 0.05) is 19.7 Å². The molecule has 1 aromatic carbocycles. The number of nitrogens with zero attached hydrogens (tertiary/aromatic N) is 1. The first-order chi connectivity index (χ1) is 8.79. The summed E-state index contributed by atoms with van der Waals surface area (Å²) in [6, 6.07) is 8.11. The molecule has 1 fully saturated rings. The monoisotopic (exact) mass is 249 g/mol. The SMILES string of the molecule is Cc1ccccc1OCCN1CCCC(CO)C1. The van der Waals surface area contributed by atoms with E-state index in [4.69, 9.17) is 4.74 Å². The van der Waals surface area contributed by atoms with Gasteiger partial charge in [-0.3, -0.25) is 4.90 Å². The van der Waals surface area contributed by atoms with Crippen LogP contribution >= 0.6 is 0 Å². The first-order valence-electron chi connectivity index (χ1n) is 6.81. The Morgan fingerprint density at radius 1 is 1.39 bits per heavy atom. The molecular weight excluding hydrogens is 226 g/mol. The number of benzene rings is 1. The molecule has 1 heterocycles. The normalized spacial score (nSPS) is 20.9. The van der Waals surface area contributed by atoms with Crippen LogP contribution in [0.25, 0.3) is 0 Å². The summed E-state index contributed by atoms with van der Waals surface area (Å²) in [5.74, 6) is 1.44. The predicted molar refractivity (Wildman–Crippen MR) is 72.9 cm³/mol. The summed E-state index contributed by atoms with van der Waals surface area (Å²) >= 11 is 0. The van der Waals surface area contributed by atoms with Gasteiger partial charge >= 0.3 is 0 Å². The predicted octanol–water partition coefficient (Wildman–Crippen LogP) is 2.08. The number of likely N-dealkylation sites (tertiary alicyclic amines) is 1. The first-order valence-corrected chi connectivity index (χ1v) is 6.81. The van der Waals surface area contributed by atoms with Gasteiger partial charge < -0.3 is 9.84 Å². The Kier molecular flexibility index (Phi) is 5.02. The van der Waals surface area contributed by atoms with Crippen LogP contribution in [0.2, 0.25) is 0 Å². The van der Waals surface area contributed by atoms with Gasteiger partial charge in [-0.15, -0.1) is 0 Å². The lowest BCUT2D eigenvalue weighted by molar-refractivity contribution is 0.107. The number of aliphatic hydroxyl groups is 1. The first kappa shape index (κ1) is 13.4. The summed E-state index contributed by atoms with van der Waals surface area (Å²) in [4.78, 5) is 2.39. The van der Waals surface area contributed by atoms with E-state index in [-0.39, 0.29) is 0 Å². The maximum Gasteiger partial charge on any atom is 0.122 e. The Labute approximate surface area is 109 Å². The number of rotatable bonds is 5. The zero-order valence-electron chi connectivity index (χ0n) is 11.1. The van der Waals surface area contributed by atoms with Crippen molar-refractivity contribution >= 4 is 0 Å². The lowest BCUT2D eigenvalue weighted by atomic mass is 9.99. The molecule has 1 saturated heterocycles. The van der Waals surface area contributed by atoms with Crippen LogP contribution in [-0.4, -0.2) is 42.9 Å². The van der Waals surface area contributed by atoms with Gasteiger partial charge in [-0.25, -0.2) is 0 Å². The van der Waals surface area contributed by atoms with Gasteiger partial charge in [0.15, 0.2) is 0 Å². The molecule has 18 heavy (non-hydrogen) atoms. The third-order valence-electron chi connectivity index (χ3n) is 3.62. The third kappa shape index (κ3) is 3.72. The van der Waals surface area contributed by atoms with Gasteiger partial charge in [0.1, 0.15) is 12.4 Å². The van der Waals surface area contributed by atoms with Crippen LogP contribution in [-0.2, 0) is 0 Å². The van der Waals surface area contributed by atoms with Crippen LogP contribution in [0.15, 0.2) is 24.3 Å². The minimum Gasteiger partial charge on any atom is -0.492 e. The molecule has 3 nitrogen and oxygen atoms in total. The van der Waals surface area contributed by atoms with Crippen LogP contribution in [0.1, 0.15) is 18.4 Å². The van der Waals surface area contributed by atoms with Gasteiger partial charge in [-0.1, -0.05) is 18.2 Å². The highest BCUT2D eigenvalue weighted by Crippen LogP contribution is 2.17. The second kappa shape index (κ2) is 6.76. The number of ether oxygens (including phenoxy) is 1. The lowest BCUT2D eigenvalue weighted by Crippen LogP contribution is -2.39. The molecule has 0 radical (unpaired) electrons. The Hall–Kier alpha value is -1.06. The van der Waals surface area contributed by atoms with Crippen molar-refractivity contribution in [2.24, 2.45) is 5.92 Å². The smallest absolute Gasteiger partial charge is 0.122 e. The van der Waals surface area contributed by atoms with E-state index < -0.39 is 0 Å².